The zero-order valence-electron chi connectivity index (χ0n) is 10.7. The van der Waals surface area contributed by atoms with Crippen molar-refractivity contribution < 1.29 is 5.11 Å². The van der Waals surface area contributed by atoms with E-state index >= 15 is 0 Å². The first-order valence-electron chi connectivity index (χ1n) is 6.60. The quantitative estimate of drug-likeness (QED) is 0.882. The highest BCUT2D eigenvalue weighted by Gasteiger charge is 2.33. The number of hydrogen-bond donors (Lipinski definition) is 2. The molecule has 0 saturated heterocycles. The molecule has 2 N–H and O–H groups in total. The summed E-state index contributed by atoms with van der Waals surface area (Å²) < 4.78 is 0. The van der Waals surface area contributed by atoms with E-state index in [0.29, 0.717) is 12.5 Å². The number of benzene rings is 1. The highest BCUT2D eigenvalue weighted by Crippen LogP contribution is 2.35. The molecule has 98 valence electrons. The molecule has 0 saturated carbocycles. The zero-order valence-corrected chi connectivity index (χ0v) is 10.7. The fourth-order valence-corrected chi connectivity index (χ4v) is 2.70. The number of nitrogens with one attached hydrogen (secondary N) is 1. The molecule has 1 atom stereocenters. The Bertz CT molecular complexity index is 558. The lowest BCUT2D eigenvalue weighted by molar-refractivity contribution is 0.0321. The van der Waals surface area contributed by atoms with Gasteiger partial charge in [0, 0.05) is 12.4 Å². The average molecular weight is 255 g/mol. The van der Waals surface area contributed by atoms with Gasteiger partial charge in [0.25, 0.3) is 0 Å². The van der Waals surface area contributed by atoms with Crippen molar-refractivity contribution in [2.24, 2.45) is 0 Å². The van der Waals surface area contributed by atoms with Crippen LogP contribution in [0, 0.1) is 0 Å². The molecule has 0 bridgehead atoms. The highest BCUT2D eigenvalue weighted by atomic mass is 16.3. The van der Waals surface area contributed by atoms with Crippen LogP contribution in [0.5, 0.6) is 0 Å². The Kier molecular flexibility index (Phi) is 3.17. The largest absolute Gasteiger partial charge is 0.383 e. The van der Waals surface area contributed by atoms with Crippen LogP contribution in [0.1, 0.15) is 24.0 Å². The van der Waals surface area contributed by atoms with Crippen LogP contribution in [0.15, 0.2) is 42.7 Å². The molecule has 0 aliphatic heterocycles. The maximum absolute atomic E-state index is 10.9. The minimum atomic E-state index is -0.825. The first-order valence-corrected chi connectivity index (χ1v) is 6.60. The summed E-state index contributed by atoms with van der Waals surface area (Å²) in [6, 6.07) is 9.89. The molecule has 1 unspecified atom stereocenters. The summed E-state index contributed by atoms with van der Waals surface area (Å²) in [7, 11) is 0. The molecule has 0 amide bonds. The third-order valence-corrected chi connectivity index (χ3v) is 3.66. The summed E-state index contributed by atoms with van der Waals surface area (Å²) in [5.41, 5.74) is 1.45. The Labute approximate surface area is 112 Å². The fraction of sp³-hybridized carbons (Fsp3) is 0.333. The summed E-state index contributed by atoms with van der Waals surface area (Å²) in [6.07, 6.45) is 6.19. The van der Waals surface area contributed by atoms with E-state index in [2.05, 4.69) is 21.4 Å². The molecular formula is C15H17N3O. The van der Waals surface area contributed by atoms with Gasteiger partial charge in [-0.25, -0.2) is 9.97 Å². The molecule has 1 aromatic carbocycles. The zero-order chi connectivity index (χ0) is 13.1. The van der Waals surface area contributed by atoms with Crippen LogP contribution in [0.25, 0.3) is 0 Å². The van der Waals surface area contributed by atoms with Gasteiger partial charge in [-0.05, 0) is 36.5 Å². The van der Waals surface area contributed by atoms with Crippen molar-refractivity contribution in [3.8, 4) is 0 Å². The first kappa shape index (κ1) is 12.1. The van der Waals surface area contributed by atoms with E-state index in [-0.39, 0.29) is 0 Å². The van der Waals surface area contributed by atoms with Crippen molar-refractivity contribution in [3.05, 3.63) is 53.9 Å². The SMILES string of the molecule is OC1(CNc2ncccn2)CCCc2ccccc21. The number of anilines is 1. The maximum Gasteiger partial charge on any atom is 0.222 e. The van der Waals surface area contributed by atoms with E-state index in [1.165, 1.54) is 5.56 Å². The molecule has 19 heavy (non-hydrogen) atoms. The molecule has 0 fully saturated rings. The molecule has 0 spiro atoms. The third-order valence-electron chi connectivity index (χ3n) is 3.66. The van der Waals surface area contributed by atoms with Crippen molar-refractivity contribution >= 4 is 5.95 Å². The minimum Gasteiger partial charge on any atom is -0.383 e. The monoisotopic (exact) mass is 255 g/mol. The Morgan fingerprint density at radius 1 is 1.16 bits per heavy atom. The Morgan fingerprint density at radius 2 is 1.95 bits per heavy atom. The van der Waals surface area contributed by atoms with Crippen LogP contribution in [0.2, 0.25) is 0 Å². The predicted octanol–water partition coefficient (Wildman–Crippen LogP) is 2.11. The van der Waals surface area contributed by atoms with Crippen LogP contribution in [0.3, 0.4) is 0 Å². The summed E-state index contributed by atoms with van der Waals surface area (Å²) in [5, 5.41) is 14.0. The molecule has 4 nitrogen and oxygen atoms in total. The van der Waals surface area contributed by atoms with Gasteiger partial charge in [-0.15, -0.1) is 0 Å². The predicted molar refractivity (Wildman–Crippen MR) is 73.8 cm³/mol. The Hall–Kier alpha value is -1.94. The smallest absolute Gasteiger partial charge is 0.222 e. The molecule has 1 aliphatic carbocycles. The van der Waals surface area contributed by atoms with Gasteiger partial charge >= 0.3 is 0 Å². The van der Waals surface area contributed by atoms with E-state index in [0.717, 1.165) is 24.8 Å². The summed E-state index contributed by atoms with van der Waals surface area (Å²) in [4.78, 5) is 8.23. The van der Waals surface area contributed by atoms with Crippen molar-refractivity contribution in [1.29, 1.82) is 0 Å². The van der Waals surface area contributed by atoms with E-state index in [9.17, 15) is 5.11 Å². The number of nitrogens with zero attached hydrogens (tertiary/aromatic N) is 2. The number of fused-ring (bicyclic) bond motifs is 1. The minimum absolute atomic E-state index is 0.439. The van der Waals surface area contributed by atoms with Crippen molar-refractivity contribution in [2.45, 2.75) is 24.9 Å². The van der Waals surface area contributed by atoms with Gasteiger partial charge in [0.2, 0.25) is 5.95 Å². The summed E-state index contributed by atoms with van der Waals surface area (Å²) in [6.45, 7) is 0.439. The Morgan fingerprint density at radius 3 is 2.79 bits per heavy atom. The lowest BCUT2D eigenvalue weighted by Gasteiger charge is -2.34. The van der Waals surface area contributed by atoms with Crippen molar-refractivity contribution in [2.75, 3.05) is 11.9 Å². The molecule has 4 heteroatoms. The number of aromatic nitrogens is 2. The van der Waals surface area contributed by atoms with Crippen LogP contribution >= 0.6 is 0 Å². The van der Waals surface area contributed by atoms with Gasteiger partial charge in [0.1, 0.15) is 5.60 Å². The van der Waals surface area contributed by atoms with Gasteiger partial charge in [0.15, 0.2) is 0 Å². The molecule has 1 heterocycles. The first-order chi connectivity index (χ1) is 9.28. The van der Waals surface area contributed by atoms with Crippen molar-refractivity contribution in [1.82, 2.24) is 9.97 Å². The third kappa shape index (κ3) is 2.44. The standard InChI is InChI=1S/C15H17N3O/c19-15(11-18-14-16-9-4-10-17-14)8-3-6-12-5-1-2-7-13(12)15/h1-2,4-5,7,9-10,19H,3,6,8,11H2,(H,16,17,18). The summed E-state index contributed by atoms with van der Waals surface area (Å²) >= 11 is 0. The number of aryl methyl sites for hydroxylation is 1. The summed E-state index contributed by atoms with van der Waals surface area (Å²) in [5.74, 6) is 0.555. The highest BCUT2D eigenvalue weighted by molar-refractivity contribution is 5.37. The van der Waals surface area contributed by atoms with Gasteiger partial charge in [-0.2, -0.15) is 0 Å². The van der Waals surface area contributed by atoms with Gasteiger partial charge in [-0.3, -0.25) is 0 Å². The average Bonchev–Trinajstić information content (AvgIpc) is 2.47. The lowest BCUT2D eigenvalue weighted by Crippen LogP contribution is -2.37. The second-order valence-electron chi connectivity index (χ2n) is 4.97. The molecule has 0 radical (unpaired) electrons. The van der Waals surface area contributed by atoms with Crippen LogP contribution in [-0.2, 0) is 12.0 Å². The number of rotatable bonds is 3. The second-order valence-corrected chi connectivity index (χ2v) is 4.97. The maximum atomic E-state index is 10.9. The lowest BCUT2D eigenvalue weighted by atomic mass is 9.79. The Balaban J connectivity index is 1.81. The van der Waals surface area contributed by atoms with Crippen LogP contribution < -0.4 is 5.32 Å². The van der Waals surface area contributed by atoms with Gasteiger partial charge in [-0.1, -0.05) is 24.3 Å². The van der Waals surface area contributed by atoms with Gasteiger partial charge in [0.05, 0.1) is 6.54 Å². The van der Waals surface area contributed by atoms with E-state index in [1.807, 2.05) is 18.2 Å². The second kappa shape index (κ2) is 4.97. The number of aliphatic hydroxyl groups is 1. The normalized spacial score (nSPS) is 21.7. The molecular weight excluding hydrogens is 238 g/mol. The number of hydrogen-bond acceptors (Lipinski definition) is 4. The molecule has 1 aromatic heterocycles. The topological polar surface area (TPSA) is 58.0 Å². The van der Waals surface area contributed by atoms with E-state index in [1.54, 1.807) is 18.5 Å². The van der Waals surface area contributed by atoms with Crippen LogP contribution in [0.4, 0.5) is 5.95 Å². The molecule has 2 aromatic rings. The van der Waals surface area contributed by atoms with Crippen molar-refractivity contribution in [3.63, 3.8) is 0 Å². The van der Waals surface area contributed by atoms with E-state index < -0.39 is 5.60 Å². The van der Waals surface area contributed by atoms with Gasteiger partial charge < -0.3 is 10.4 Å². The van der Waals surface area contributed by atoms with Crippen LogP contribution in [-0.4, -0.2) is 21.6 Å². The molecule has 3 rings (SSSR count). The van der Waals surface area contributed by atoms with E-state index in [4.69, 9.17) is 0 Å². The molecule has 1 aliphatic rings. The fourth-order valence-electron chi connectivity index (χ4n) is 2.70.